The van der Waals surface area contributed by atoms with Crippen LogP contribution in [-0.4, -0.2) is 9.97 Å². The number of nitrogens with zero attached hydrogens (tertiary/aromatic N) is 2. The molecule has 2 aromatic carbocycles. The average molecular weight is 284 g/mol. The van der Waals surface area contributed by atoms with Crippen molar-refractivity contribution in [1.29, 1.82) is 0 Å². The molecule has 4 heteroatoms. The molecule has 3 rings (SSSR count). The van der Waals surface area contributed by atoms with Crippen LogP contribution in [0.25, 0.3) is 10.9 Å². The lowest BCUT2D eigenvalue weighted by molar-refractivity contribution is 1.14. The molecule has 1 heterocycles. The van der Waals surface area contributed by atoms with Gasteiger partial charge in [-0.25, -0.2) is 9.97 Å². The summed E-state index contributed by atoms with van der Waals surface area (Å²) in [4.78, 5) is 8.64. The highest BCUT2D eigenvalue weighted by Gasteiger charge is 2.05. The summed E-state index contributed by atoms with van der Waals surface area (Å²) in [5.74, 6) is 0.799. The summed E-state index contributed by atoms with van der Waals surface area (Å²) in [6.45, 7) is 2.13. The maximum absolute atomic E-state index is 6.00. The number of rotatable bonds is 3. The van der Waals surface area contributed by atoms with Crippen LogP contribution >= 0.6 is 11.6 Å². The second-order valence-corrected chi connectivity index (χ2v) is 5.00. The highest BCUT2D eigenvalue weighted by atomic mass is 35.5. The van der Waals surface area contributed by atoms with E-state index in [4.69, 9.17) is 11.6 Å². The van der Waals surface area contributed by atoms with E-state index >= 15 is 0 Å². The molecule has 0 aliphatic carbocycles. The quantitative estimate of drug-likeness (QED) is 0.764. The van der Waals surface area contributed by atoms with E-state index in [1.807, 2.05) is 30.3 Å². The van der Waals surface area contributed by atoms with Gasteiger partial charge in [-0.05, 0) is 42.3 Å². The maximum atomic E-state index is 6.00. The number of nitrogens with one attached hydrogen (secondary N) is 1. The molecule has 0 radical (unpaired) electrons. The van der Waals surface area contributed by atoms with Crippen molar-refractivity contribution in [3.63, 3.8) is 0 Å². The van der Waals surface area contributed by atoms with Gasteiger partial charge in [-0.15, -0.1) is 0 Å². The van der Waals surface area contributed by atoms with Gasteiger partial charge >= 0.3 is 0 Å². The van der Waals surface area contributed by atoms with Crippen molar-refractivity contribution in [1.82, 2.24) is 9.97 Å². The number of aryl methyl sites for hydroxylation is 1. The molecule has 100 valence electrons. The van der Waals surface area contributed by atoms with Gasteiger partial charge in [0.2, 0.25) is 0 Å². The molecule has 0 spiro atoms. The minimum Gasteiger partial charge on any atom is -0.340 e. The van der Waals surface area contributed by atoms with E-state index in [2.05, 4.69) is 34.3 Å². The predicted molar refractivity (Wildman–Crippen MR) is 83.7 cm³/mol. The summed E-state index contributed by atoms with van der Waals surface area (Å²) in [6, 6.07) is 13.8. The first-order valence-corrected chi connectivity index (χ1v) is 6.90. The van der Waals surface area contributed by atoms with E-state index in [0.717, 1.165) is 28.8 Å². The Hall–Kier alpha value is -2.13. The van der Waals surface area contributed by atoms with Gasteiger partial charge in [-0.2, -0.15) is 0 Å². The molecular formula is C16H14ClN3. The molecule has 0 unspecified atom stereocenters. The fourth-order valence-electron chi connectivity index (χ4n) is 2.13. The van der Waals surface area contributed by atoms with Gasteiger partial charge in [0.15, 0.2) is 0 Å². The molecular weight excluding hydrogens is 270 g/mol. The first-order valence-electron chi connectivity index (χ1n) is 6.52. The van der Waals surface area contributed by atoms with Gasteiger partial charge in [-0.1, -0.05) is 30.7 Å². The first kappa shape index (κ1) is 12.9. The Balaban J connectivity index is 2.06. The van der Waals surface area contributed by atoms with Crippen LogP contribution in [-0.2, 0) is 6.42 Å². The first-order chi connectivity index (χ1) is 9.76. The number of fused-ring (bicyclic) bond motifs is 1. The third-order valence-electron chi connectivity index (χ3n) is 3.20. The molecule has 0 aliphatic heterocycles. The fourth-order valence-corrected chi connectivity index (χ4v) is 2.32. The highest BCUT2D eigenvalue weighted by molar-refractivity contribution is 6.30. The SMILES string of the molecule is CCc1ccc2ncnc(Nc3cccc(Cl)c3)c2c1. The monoisotopic (exact) mass is 283 g/mol. The maximum Gasteiger partial charge on any atom is 0.141 e. The van der Waals surface area contributed by atoms with Gasteiger partial charge in [0, 0.05) is 16.1 Å². The predicted octanol–water partition coefficient (Wildman–Crippen LogP) is 4.59. The van der Waals surface area contributed by atoms with Gasteiger partial charge in [0.05, 0.1) is 5.52 Å². The van der Waals surface area contributed by atoms with Crippen molar-refractivity contribution < 1.29 is 0 Å². The summed E-state index contributed by atoms with van der Waals surface area (Å²) in [5.41, 5.74) is 3.11. The Kier molecular flexibility index (Phi) is 3.52. The second kappa shape index (κ2) is 5.47. The molecule has 0 bridgehead atoms. The van der Waals surface area contributed by atoms with Crippen molar-refractivity contribution >= 4 is 34.0 Å². The third kappa shape index (κ3) is 2.58. The summed E-state index contributed by atoms with van der Waals surface area (Å²) in [5, 5.41) is 5.02. The van der Waals surface area contributed by atoms with E-state index in [-0.39, 0.29) is 0 Å². The van der Waals surface area contributed by atoms with Crippen LogP contribution in [0.4, 0.5) is 11.5 Å². The van der Waals surface area contributed by atoms with Crippen LogP contribution in [0.5, 0.6) is 0 Å². The minimum atomic E-state index is 0.697. The topological polar surface area (TPSA) is 37.8 Å². The summed E-state index contributed by atoms with van der Waals surface area (Å²) in [6.07, 6.45) is 2.56. The smallest absolute Gasteiger partial charge is 0.141 e. The molecule has 20 heavy (non-hydrogen) atoms. The van der Waals surface area contributed by atoms with Crippen LogP contribution < -0.4 is 5.32 Å². The van der Waals surface area contributed by atoms with Crippen LogP contribution in [0.3, 0.4) is 0 Å². The van der Waals surface area contributed by atoms with E-state index in [9.17, 15) is 0 Å². The molecule has 1 aromatic heterocycles. The molecule has 0 amide bonds. The molecule has 3 nitrogen and oxygen atoms in total. The Labute approximate surface area is 122 Å². The third-order valence-corrected chi connectivity index (χ3v) is 3.43. The molecule has 3 aromatic rings. The fraction of sp³-hybridized carbons (Fsp3) is 0.125. The zero-order chi connectivity index (χ0) is 13.9. The molecule has 0 aliphatic rings. The molecule has 0 fully saturated rings. The van der Waals surface area contributed by atoms with Crippen molar-refractivity contribution in [2.45, 2.75) is 13.3 Å². The molecule has 0 saturated heterocycles. The summed E-state index contributed by atoms with van der Waals surface area (Å²) < 4.78 is 0. The zero-order valence-electron chi connectivity index (χ0n) is 11.1. The molecule has 0 atom stereocenters. The van der Waals surface area contributed by atoms with Crippen LogP contribution in [0.1, 0.15) is 12.5 Å². The van der Waals surface area contributed by atoms with Crippen molar-refractivity contribution in [2.75, 3.05) is 5.32 Å². The number of halogens is 1. The van der Waals surface area contributed by atoms with E-state index in [1.165, 1.54) is 5.56 Å². The van der Waals surface area contributed by atoms with E-state index < -0.39 is 0 Å². The Bertz CT molecular complexity index is 756. The number of hydrogen-bond acceptors (Lipinski definition) is 3. The lowest BCUT2D eigenvalue weighted by atomic mass is 10.1. The second-order valence-electron chi connectivity index (χ2n) is 4.56. The van der Waals surface area contributed by atoms with Crippen molar-refractivity contribution in [3.8, 4) is 0 Å². The molecule has 0 saturated carbocycles. The highest BCUT2D eigenvalue weighted by Crippen LogP contribution is 2.25. The normalized spacial score (nSPS) is 10.7. The number of hydrogen-bond donors (Lipinski definition) is 1. The van der Waals surface area contributed by atoms with Crippen LogP contribution in [0.15, 0.2) is 48.8 Å². The summed E-state index contributed by atoms with van der Waals surface area (Å²) >= 11 is 6.00. The number of anilines is 2. The lowest BCUT2D eigenvalue weighted by Crippen LogP contribution is -1.96. The van der Waals surface area contributed by atoms with E-state index in [1.54, 1.807) is 6.33 Å². The average Bonchev–Trinajstić information content (AvgIpc) is 2.47. The van der Waals surface area contributed by atoms with E-state index in [0.29, 0.717) is 5.02 Å². The summed E-state index contributed by atoms with van der Waals surface area (Å²) in [7, 11) is 0. The lowest BCUT2D eigenvalue weighted by Gasteiger charge is -2.09. The van der Waals surface area contributed by atoms with Crippen molar-refractivity contribution in [2.24, 2.45) is 0 Å². The minimum absolute atomic E-state index is 0.697. The van der Waals surface area contributed by atoms with Crippen molar-refractivity contribution in [3.05, 3.63) is 59.4 Å². The standard InChI is InChI=1S/C16H14ClN3/c1-2-11-6-7-15-14(8-11)16(19-10-18-15)20-13-5-3-4-12(17)9-13/h3-10H,2H2,1H3,(H,18,19,20). The Morgan fingerprint density at radius 1 is 1.10 bits per heavy atom. The molecule has 1 N–H and O–H groups in total. The van der Waals surface area contributed by atoms with Gasteiger partial charge in [-0.3, -0.25) is 0 Å². The zero-order valence-corrected chi connectivity index (χ0v) is 11.9. The van der Waals surface area contributed by atoms with Gasteiger partial charge in [0.25, 0.3) is 0 Å². The van der Waals surface area contributed by atoms with Gasteiger partial charge < -0.3 is 5.32 Å². The number of aromatic nitrogens is 2. The Morgan fingerprint density at radius 2 is 2.00 bits per heavy atom. The van der Waals surface area contributed by atoms with Crippen LogP contribution in [0.2, 0.25) is 5.02 Å². The van der Waals surface area contributed by atoms with Gasteiger partial charge in [0.1, 0.15) is 12.1 Å². The number of benzene rings is 2. The largest absolute Gasteiger partial charge is 0.340 e. The van der Waals surface area contributed by atoms with Crippen LogP contribution in [0, 0.1) is 0 Å². The Morgan fingerprint density at radius 3 is 2.80 bits per heavy atom.